The van der Waals surface area contributed by atoms with Gasteiger partial charge >= 0.3 is 0 Å². The van der Waals surface area contributed by atoms with Crippen molar-refractivity contribution in [2.45, 2.75) is 33.1 Å². The SMILES string of the molecule is Cc1ccc(-n2nc(-c3cccc(I)c3)c3c2NCCCC3)cc1C. The fourth-order valence-corrected chi connectivity index (χ4v) is 3.96. The van der Waals surface area contributed by atoms with Crippen LogP contribution >= 0.6 is 22.6 Å². The largest absolute Gasteiger partial charge is 0.370 e. The Morgan fingerprint density at radius 2 is 1.92 bits per heavy atom. The maximum atomic E-state index is 5.04. The Balaban J connectivity index is 1.91. The van der Waals surface area contributed by atoms with E-state index in [1.54, 1.807) is 0 Å². The zero-order valence-electron chi connectivity index (χ0n) is 14.6. The molecule has 3 nitrogen and oxygen atoms in total. The summed E-state index contributed by atoms with van der Waals surface area (Å²) < 4.78 is 3.34. The molecule has 1 aromatic heterocycles. The monoisotopic (exact) mass is 443 g/mol. The highest BCUT2D eigenvalue weighted by Crippen LogP contribution is 2.34. The van der Waals surface area contributed by atoms with E-state index in [-0.39, 0.29) is 0 Å². The van der Waals surface area contributed by atoms with E-state index in [0.717, 1.165) is 30.2 Å². The van der Waals surface area contributed by atoms with E-state index < -0.39 is 0 Å². The number of nitrogens with one attached hydrogen (secondary N) is 1. The fraction of sp³-hybridized carbons (Fsp3) is 0.286. The number of aryl methyl sites for hydroxylation is 2. The smallest absolute Gasteiger partial charge is 0.133 e. The van der Waals surface area contributed by atoms with Crippen molar-refractivity contribution < 1.29 is 0 Å². The lowest BCUT2D eigenvalue weighted by Gasteiger charge is -2.10. The maximum Gasteiger partial charge on any atom is 0.133 e. The van der Waals surface area contributed by atoms with Crippen LogP contribution in [0.1, 0.15) is 29.5 Å². The van der Waals surface area contributed by atoms with Gasteiger partial charge in [-0.1, -0.05) is 18.2 Å². The molecule has 25 heavy (non-hydrogen) atoms. The van der Waals surface area contributed by atoms with Crippen LogP contribution in [0, 0.1) is 17.4 Å². The Kier molecular flexibility index (Phi) is 4.54. The summed E-state index contributed by atoms with van der Waals surface area (Å²) >= 11 is 2.37. The van der Waals surface area contributed by atoms with E-state index in [1.807, 2.05) is 0 Å². The molecule has 1 aliphatic rings. The molecule has 0 spiro atoms. The maximum absolute atomic E-state index is 5.04. The Labute approximate surface area is 162 Å². The molecule has 0 unspecified atom stereocenters. The number of fused-ring (bicyclic) bond motifs is 1. The van der Waals surface area contributed by atoms with Crippen molar-refractivity contribution in [3.63, 3.8) is 0 Å². The summed E-state index contributed by atoms with van der Waals surface area (Å²) in [6, 6.07) is 15.2. The second kappa shape index (κ2) is 6.83. The fourth-order valence-electron chi connectivity index (χ4n) is 3.41. The number of aromatic nitrogens is 2. The molecule has 0 fully saturated rings. The first-order chi connectivity index (χ1) is 12.1. The van der Waals surface area contributed by atoms with Gasteiger partial charge in [-0.3, -0.25) is 0 Å². The van der Waals surface area contributed by atoms with Crippen LogP contribution in [0.5, 0.6) is 0 Å². The zero-order valence-corrected chi connectivity index (χ0v) is 16.8. The highest BCUT2D eigenvalue weighted by Gasteiger charge is 2.21. The minimum atomic E-state index is 1.01. The third-order valence-electron chi connectivity index (χ3n) is 4.96. The van der Waals surface area contributed by atoms with Crippen molar-refractivity contribution >= 4 is 28.4 Å². The van der Waals surface area contributed by atoms with Crippen LogP contribution in [0.4, 0.5) is 5.82 Å². The second-order valence-corrected chi connectivity index (χ2v) is 8.00. The van der Waals surface area contributed by atoms with Crippen molar-refractivity contribution in [1.29, 1.82) is 0 Å². The van der Waals surface area contributed by atoms with Gasteiger partial charge in [0.2, 0.25) is 0 Å². The number of hydrogen-bond acceptors (Lipinski definition) is 2. The van der Waals surface area contributed by atoms with Gasteiger partial charge in [0, 0.05) is 21.2 Å². The average Bonchev–Trinajstić information content (AvgIpc) is 2.79. The van der Waals surface area contributed by atoms with Gasteiger partial charge in [-0.05, 0) is 91.1 Å². The molecule has 0 saturated heterocycles. The van der Waals surface area contributed by atoms with Crippen molar-refractivity contribution in [3.05, 3.63) is 62.7 Å². The number of anilines is 1. The molecule has 4 heteroatoms. The summed E-state index contributed by atoms with van der Waals surface area (Å²) in [5, 5.41) is 8.67. The van der Waals surface area contributed by atoms with E-state index in [4.69, 9.17) is 5.10 Å². The second-order valence-electron chi connectivity index (χ2n) is 6.75. The quantitative estimate of drug-likeness (QED) is 0.530. The van der Waals surface area contributed by atoms with E-state index in [2.05, 4.69) is 88.9 Å². The Hall–Kier alpha value is -1.82. The average molecular weight is 443 g/mol. The number of nitrogens with zero attached hydrogens (tertiary/aromatic N) is 2. The molecule has 0 atom stereocenters. The van der Waals surface area contributed by atoms with Crippen LogP contribution in [0.3, 0.4) is 0 Å². The first-order valence-corrected chi connectivity index (χ1v) is 9.91. The third kappa shape index (κ3) is 3.19. The first-order valence-electron chi connectivity index (χ1n) is 8.83. The molecular weight excluding hydrogens is 421 g/mol. The van der Waals surface area contributed by atoms with E-state index in [0.29, 0.717) is 0 Å². The van der Waals surface area contributed by atoms with Gasteiger partial charge in [-0.2, -0.15) is 5.10 Å². The van der Waals surface area contributed by atoms with Gasteiger partial charge in [0.25, 0.3) is 0 Å². The van der Waals surface area contributed by atoms with Crippen molar-refractivity contribution in [2.75, 3.05) is 11.9 Å². The van der Waals surface area contributed by atoms with E-state index in [9.17, 15) is 0 Å². The van der Waals surface area contributed by atoms with Crippen LogP contribution < -0.4 is 5.32 Å². The molecule has 2 heterocycles. The molecule has 1 aliphatic heterocycles. The minimum absolute atomic E-state index is 1.01. The summed E-state index contributed by atoms with van der Waals surface area (Å²) in [7, 11) is 0. The summed E-state index contributed by atoms with van der Waals surface area (Å²) in [6.07, 6.45) is 3.48. The van der Waals surface area contributed by atoms with Crippen LogP contribution in [0.15, 0.2) is 42.5 Å². The molecule has 0 saturated carbocycles. The zero-order chi connectivity index (χ0) is 17.4. The van der Waals surface area contributed by atoms with Crippen molar-refractivity contribution in [1.82, 2.24) is 9.78 Å². The van der Waals surface area contributed by atoms with E-state index >= 15 is 0 Å². The Morgan fingerprint density at radius 1 is 1.04 bits per heavy atom. The van der Waals surface area contributed by atoms with Crippen molar-refractivity contribution in [3.8, 4) is 16.9 Å². The normalized spacial score (nSPS) is 13.9. The van der Waals surface area contributed by atoms with Crippen LogP contribution in [-0.4, -0.2) is 16.3 Å². The van der Waals surface area contributed by atoms with E-state index in [1.165, 1.54) is 38.7 Å². The van der Waals surface area contributed by atoms with Gasteiger partial charge < -0.3 is 5.32 Å². The molecule has 0 aliphatic carbocycles. The third-order valence-corrected chi connectivity index (χ3v) is 5.63. The summed E-state index contributed by atoms with van der Waals surface area (Å²) in [6.45, 7) is 5.32. The van der Waals surface area contributed by atoms with Crippen LogP contribution in [-0.2, 0) is 6.42 Å². The molecule has 1 N–H and O–H groups in total. The molecular formula is C21H22IN3. The standard InChI is InChI=1S/C21H22IN3/c1-14-9-10-18(12-15(14)2)25-21-19(8-3-4-11-23-21)20(24-25)16-6-5-7-17(22)13-16/h5-7,9-10,12-13,23H,3-4,8,11H2,1-2H3. The lowest BCUT2D eigenvalue weighted by molar-refractivity contribution is 0.780. The number of benzene rings is 2. The predicted molar refractivity (Wildman–Crippen MR) is 113 cm³/mol. The Morgan fingerprint density at radius 3 is 2.72 bits per heavy atom. The lowest BCUT2D eigenvalue weighted by atomic mass is 10.0. The summed E-state index contributed by atoms with van der Waals surface area (Å²) in [4.78, 5) is 0. The number of rotatable bonds is 2. The van der Waals surface area contributed by atoms with Crippen LogP contribution in [0.2, 0.25) is 0 Å². The van der Waals surface area contributed by atoms with Crippen molar-refractivity contribution in [2.24, 2.45) is 0 Å². The van der Waals surface area contributed by atoms with Crippen LogP contribution in [0.25, 0.3) is 16.9 Å². The summed E-state index contributed by atoms with van der Waals surface area (Å²) in [5.74, 6) is 1.16. The minimum Gasteiger partial charge on any atom is -0.370 e. The number of hydrogen-bond donors (Lipinski definition) is 1. The molecule has 0 bridgehead atoms. The topological polar surface area (TPSA) is 29.9 Å². The highest BCUT2D eigenvalue weighted by molar-refractivity contribution is 14.1. The first kappa shape index (κ1) is 16.6. The van der Waals surface area contributed by atoms with Gasteiger partial charge in [-0.25, -0.2) is 4.68 Å². The molecule has 3 aromatic rings. The Bertz CT molecular complexity index is 927. The van der Waals surface area contributed by atoms with Gasteiger partial charge in [-0.15, -0.1) is 0 Å². The van der Waals surface area contributed by atoms with Gasteiger partial charge in [0.05, 0.1) is 11.4 Å². The lowest BCUT2D eigenvalue weighted by Crippen LogP contribution is -2.07. The summed E-state index contributed by atoms with van der Waals surface area (Å²) in [5.41, 5.74) is 7.40. The molecule has 0 radical (unpaired) electrons. The molecule has 4 rings (SSSR count). The highest BCUT2D eigenvalue weighted by atomic mass is 127. The van der Waals surface area contributed by atoms with Gasteiger partial charge in [0.1, 0.15) is 5.82 Å². The molecule has 2 aromatic carbocycles. The number of halogens is 1. The molecule has 128 valence electrons. The predicted octanol–water partition coefficient (Wildman–Crippen LogP) is 5.51. The van der Waals surface area contributed by atoms with Gasteiger partial charge in [0.15, 0.2) is 0 Å². The molecule has 0 amide bonds.